The van der Waals surface area contributed by atoms with E-state index in [1.165, 1.54) is 6.08 Å². The van der Waals surface area contributed by atoms with Crippen LogP contribution in [0.3, 0.4) is 0 Å². The zero-order chi connectivity index (χ0) is 23.4. The van der Waals surface area contributed by atoms with Gasteiger partial charge < -0.3 is 20.5 Å². The number of ether oxygens (including phenoxy) is 1. The van der Waals surface area contributed by atoms with Crippen molar-refractivity contribution in [3.8, 4) is 11.1 Å². The molecule has 0 heterocycles. The molecule has 2 aromatic rings. The Bertz CT molecular complexity index is 1030. The number of carbonyl (C=O) groups is 3. The van der Waals surface area contributed by atoms with E-state index in [1.807, 2.05) is 36.4 Å². The van der Waals surface area contributed by atoms with E-state index < -0.39 is 29.6 Å². The summed E-state index contributed by atoms with van der Waals surface area (Å²) < 4.78 is 5.61. The lowest BCUT2D eigenvalue weighted by atomic mass is 9.95. The number of carboxylic acid groups (broad SMARTS) is 1. The van der Waals surface area contributed by atoms with Crippen molar-refractivity contribution >= 4 is 18.0 Å². The van der Waals surface area contributed by atoms with Crippen LogP contribution < -0.4 is 10.6 Å². The van der Waals surface area contributed by atoms with Gasteiger partial charge in [0.15, 0.2) is 0 Å². The van der Waals surface area contributed by atoms with Gasteiger partial charge in [-0.25, -0.2) is 9.59 Å². The fourth-order valence-corrected chi connectivity index (χ4v) is 4.90. The third-order valence-corrected chi connectivity index (χ3v) is 6.58. The standard InChI is InChI=1S/C26H28N2O5/c1-2-9-22(23(29)30)27-24(31)26(14-7-8-15-26)28-25(32)33-16-21-19-12-5-3-10-17(19)18-11-4-6-13-20(18)21/h2-6,10-13,21-22H,1,7-9,14-16H2,(H,27,31)(H,28,32)(H,29,30). The Hall–Kier alpha value is -3.61. The van der Waals surface area contributed by atoms with Crippen LogP contribution in [0.4, 0.5) is 4.79 Å². The highest BCUT2D eigenvalue weighted by atomic mass is 16.5. The first-order valence-electron chi connectivity index (χ1n) is 11.2. The molecule has 2 amide bonds. The van der Waals surface area contributed by atoms with Gasteiger partial charge in [-0.3, -0.25) is 4.79 Å². The van der Waals surface area contributed by atoms with Crippen LogP contribution in [0.2, 0.25) is 0 Å². The highest BCUT2D eigenvalue weighted by molar-refractivity contribution is 5.93. The summed E-state index contributed by atoms with van der Waals surface area (Å²) in [5, 5.41) is 14.7. The van der Waals surface area contributed by atoms with E-state index in [2.05, 4.69) is 29.3 Å². The number of hydrogen-bond acceptors (Lipinski definition) is 4. The normalized spacial score (nSPS) is 16.8. The van der Waals surface area contributed by atoms with E-state index in [1.54, 1.807) is 0 Å². The number of carbonyl (C=O) groups excluding carboxylic acids is 2. The first-order chi connectivity index (χ1) is 15.9. The van der Waals surface area contributed by atoms with Gasteiger partial charge in [0, 0.05) is 5.92 Å². The zero-order valence-electron chi connectivity index (χ0n) is 18.4. The number of fused-ring (bicyclic) bond motifs is 3. The fraction of sp³-hybridized carbons (Fsp3) is 0.346. The summed E-state index contributed by atoms with van der Waals surface area (Å²) in [7, 11) is 0. The maximum atomic E-state index is 13.0. The molecule has 0 bridgehead atoms. The summed E-state index contributed by atoms with van der Waals surface area (Å²) in [6.45, 7) is 3.69. The molecule has 1 atom stereocenters. The molecular formula is C26H28N2O5. The number of nitrogens with one attached hydrogen (secondary N) is 2. The maximum Gasteiger partial charge on any atom is 0.408 e. The number of carboxylic acids is 1. The maximum absolute atomic E-state index is 13.0. The van der Waals surface area contributed by atoms with Crippen LogP contribution in [-0.4, -0.2) is 41.3 Å². The van der Waals surface area contributed by atoms with Gasteiger partial charge in [-0.1, -0.05) is 67.4 Å². The van der Waals surface area contributed by atoms with Crippen molar-refractivity contribution in [2.75, 3.05) is 6.61 Å². The highest BCUT2D eigenvalue weighted by Gasteiger charge is 2.44. The third-order valence-electron chi connectivity index (χ3n) is 6.58. The molecule has 2 aliphatic rings. The molecular weight excluding hydrogens is 420 g/mol. The Balaban J connectivity index is 1.45. The summed E-state index contributed by atoms with van der Waals surface area (Å²) in [5.41, 5.74) is 3.31. The number of amides is 2. The van der Waals surface area contributed by atoms with E-state index >= 15 is 0 Å². The Morgan fingerprint density at radius 2 is 1.64 bits per heavy atom. The van der Waals surface area contributed by atoms with Crippen LogP contribution in [-0.2, 0) is 14.3 Å². The van der Waals surface area contributed by atoms with E-state index in [9.17, 15) is 19.5 Å². The van der Waals surface area contributed by atoms with Crippen molar-refractivity contribution in [3.05, 3.63) is 72.3 Å². The summed E-state index contributed by atoms with van der Waals surface area (Å²) in [4.78, 5) is 37.2. The monoisotopic (exact) mass is 448 g/mol. The lowest BCUT2D eigenvalue weighted by molar-refractivity contribution is -0.142. The molecule has 1 fully saturated rings. The van der Waals surface area contributed by atoms with Gasteiger partial charge in [0.05, 0.1) is 0 Å². The van der Waals surface area contributed by atoms with Gasteiger partial charge in [-0.05, 0) is 41.5 Å². The van der Waals surface area contributed by atoms with Crippen molar-refractivity contribution in [1.29, 1.82) is 0 Å². The quantitative estimate of drug-likeness (QED) is 0.530. The van der Waals surface area contributed by atoms with Crippen LogP contribution in [0.15, 0.2) is 61.2 Å². The topological polar surface area (TPSA) is 105 Å². The van der Waals surface area contributed by atoms with Crippen LogP contribution in [0, 0.1) is 0 Å². The number of hydrogen-bond donors (Lipinski definition) is 3. The minimum absolute atomic E-state index is 0.0829. The minimum atomic E-state index is -1.17. The molecule has 2 aromatic carbocycles. The third kappa shape index (κ3) is 4.49. The molecule has 1 unspecified atom stereocenters. The molecule has 4 rings (SSSR count). The first kappa shape index (κ1) is 22.6. The van der Waals surface area contributed by atoms with Gasteiger partial charge in [0.1, 0.15) is 18.2 Å². The van der Waals surface area contributed by atoms with Gasteiger partial charge in [-0.2, -0.15) is 0 Å². The lowest BCUT2D eigenvalue weighted by Gasteiger charge is -2.30. The Labute approximate surface area is 192 Å². The van der Waals surface area contributed by atoms with Gasteiger partial charge in [0.2, 0.25) is 5.91 Å². The van der Waals surface area contributed by atoms with E-state index in [0.29, 0.717) is 12.8 Å². The Kier molecular flexibility index (Phi) is 6.49. The SMILES string of the molecule is C=CCC(NC(=O)C1(NC(=O)OCC2c3ccccc3-c3ccccc32)CCCC1)C(=O)O. The molecule has 33 heavy (non-hydrogen) atoms. The molecule has 2 aliphatic carbocycles. The number of alkyl carbamates (subject to hydrolysis) is 1. The first-order valence-corrected chi connectivity index (χ1v) is 11.2. The van der Waals surface area contributed by atoms with Crippen molar-refractivity contribution < 1.29 is 24.2 Å². The molecule has 0 spiro atoms. The summed E-state index contributed by atoms with van der Waals surface area (Å²) in [6, 6.07) is 15.0. The Morgan fingerprint density at radius 3 is 2.18 bits per heavy atom. The Morgan fingerprint density at radius 1 is 1.06 bits per heavy atom. The van der Waals surface area contributed by atoms with E-state index in [4.69, 9.17) is 4.74 Å². The smallest absolute Gasteiger partial charge is 0.408 e. The highest BCUT2D eigenvalue weighted by Crippen LogP contribution is 2.44. The van der Waals surface area contributed by atoms with Crippen LogP contribution in [0.25, 0.3) is 11.1 Å². The second-order valence-corrected chi connectivity index (χ2v) is 8.63. The van der Waals surface area contributed by atoms with E-state index in [-0.39, 0.29) is 18.9 Å². The fourth-order valence-electron chi connectivity index (χ4n) is 4.90. The molecule has 7 nitrogen and oxygen atoms in total. The molecule has 0 saturated heterocycles. The largest absolute Gasteiger partial charge is 0.480 e. The molecule has 3 N–H and O–H groups in total. The summed E-state index contributed by atoms with van der Waals surface area (Å²) in [6.07, 6.45) is 3.26. The summed E-state index contributed by atoms with van der Waals surface area (Å²) >= 11 is 0. The zero-order valence-corrected chi connectivity index (χ0v) is 18.4. The average molecular weight is 449 g/mol. The molecule has 0 aromatic heterocycles. The predicted octanol–water partition coefficient (Wildman–Crippen LogP) is 3.98. The van der Waals surface area contributed by atoms with Gasteiger partial charge in [-0.15, -0.1) is 6.58 Å². The molecule has 0 radical (unpaired) electrons. The lowest BCUT2D eigenvalue weighted by Crippen LogP contribution is -2.59. The van der Waals surface area contributed by atoms with Gasteiger partial charge in [0.25, 0.3) is 0 Å². The average Bonchev–Trinajstić information content (AvgIpc) is 3.41. The van der Waals surface area contributed by atoms with Crippen LogP contribution >= 0.6 is 0 Å². The molecule has 0 aliphatic heterocycles. The molecule has 172 valence electrons. The van der Waals surface area contributed by atoms with Crippen LogP contribution in [0.5, 0.6) is 0 Å². The second kappa shape index (κ2) is 9.48. The molecule has 1 saturated carbocycles. The number of rotatable bonds is 8. The summed E-state index contributed by atoms with van der Waals surface area (Å²) in [5.74, 6) is -1.72. The van der Waals surface area contributed by atoms with E-state index in [0.717, 1.165) is 35.1 Å². The van der Waals surface area contributed by atoms with Crippen molar-refractivity contribution in [3.63, 3.8) is 0 Å². The minimum Gasteiger partial charge on any atom is -0.480 e. The number of benzene rings is 2. The van der Waals surface area contributed by atoms with Crippen molar-refractivity contribution in [2.45, 2.75) is 49.6 Å². The van der Waals surface area contributed by atoms with Gasteiger partial charge >= 0.3 is 12.1 Å². The molecule has 7 heteroatoms. The van der Waals surface area contributed by atoms with Crippen molar-refractivity contribution in [2.24, 2.45) is 0 Å². The van der Waals surface area contributed by atoms with Crippen molar-refractivity contribution in [1.82, 2.24) is 10.6 Å². The predicted molar refractivity (Wildman–Crippen MR) is 124 cm³/mol. The number of aliphatic carboxylic acids is 1. The second-order valence-electron chi connectivity index (χ2n) is 8.63. The van der Waals surface area contributed by atoms with Crippen LogP contribution in [0.1, 0.15) is 49.1 Å².